The average molecular weight is 191 g/mol. The summed E-state index contributed by atoms with van der Waals surface area (Å²) >= 11 is 0. The Kier molecular flexibility index (Phi) is 4.94. The van der Waals surface area contributed by atoms with Crippen LogP contribution in [0.5, 0.6) is 0 Å². The maximum absolute atomic E-state index is 4.54. The van der Waals surface area contributed by atoms with Crippen molar-refractivity contribution in [2.45, 2.75) is 6.92 Å². The van der Waals surface area contributed by atoms with Crippen LogP contribution in [-0.4, -0.2) is 19.9 Å². The predicted molar refractivity (Wildman–Crippen MR) is 60.4 cm³/mol. The predicted octanol–water partition coefficient (Wildman–Crippen LogP) is 2.60. The van der Waals surface area contributed by atoms with Gasteiger partial charge in [0.15, 0.2) is 0 Å². The second kappa shape index (κ2) is 6.33. The van der Waals surface area contributed by atoms with Crippen LogP contribution in [0.4, 0.5) is 0 Å². The number of hydrogen-bond donors (Lipinski definition) is 0. The second-order valence-corrected chi connectivity index (χ2v) is 3.14. The minimum Gasteiger partial charge on any atom is -0.385 e. The summed E-state index contributed by atoms with van der Waals surface area (Å²) in [4.78, 5) is 4.07. The zero-order valence-corrected chi connectivity index (χ0v) is 8.76. The number of ether oxygens (including phenoxy) is 1. The van der Waals surface area contributed by atoms with E-state index in [2.05, 4.69) is 40.1 Å². The van der Waals surface area contributed by atoms with Crippen molar-refractivity contribution in [1.82, 2.24) is 0 Å². The zero-order valence-electron chi connectivity index (χ0n) is 8.76. The van der Waals surface area contributed by atoms with Gasteiger partial charge in [0.25, 0.3) is 0 Å². The minimum atomic E-state index is 0.509. The lowest BCUT2D eigenvalue weighted by Gasteiger charge is -2.18. The van der Waals surface area contributed by atoms with Gasteiger partial charge < -0.3 is 4.74 Å². The quantitative estimate of drug-likeness (QED) is 0.624. The van der Waals surface area contributed by atoms with Crippen molar-refractivity contribution >= 4 is 6.21 Å². The maximum Gasteiger partial charge on any atom is 0.0433 e. The smallest absolute Gasteiger partial charge is 0.0433 e. The first-order chi connectivity index (χ1) is 6.88. The van der Waals surface area contributed by atoms with E-state index in [0.717, 1.165) is 6.61 Å². The molecule has 2 atom stereocenters. The lowest BCUT2D eigenvalue weighted by molar-refractivity contribution is 0.215. The first-order valence-corrected chi connectivity index (χ1v) is 4.92. The van der Waals surface area contributed by atoms with E-state index in [0.29, 0.717) is 11.8 Å². The third-order valence-electron chi connectivity index (χ3n) is 2.16. The molecule has 0 bridgehead atoms. The molecule has 2 aliphatic rings. The molecule has 0 radical (unpaired) electrons. The Morgan fingerprint density at radius 1 is 1.14 bits per heavy atom. The van der Waals surface area contributed by atoms with Gasteiger partial charge in [-0.1, -0.05) is 30.4 Å². The normalized spacial score (nSPS) is 26.7. The standard InChI is InChI=1S/C9H9N.C3H8O/c1-2-4-9-7-10-6-5-8(9)3-1;1-3-4-2/h1-9H;3H2,1-2H3. The van der Waals surface area contributed by atoms with E-state index in [1.807, 2.05) is 19.3 Å². The molecule has 2 rings (SSSR count). The molecule has 14 heavy (non-hydrogen) atoms. The molecular weight excluding hydrogens is 174 g/mol. The highest BCUT2D eigenvalue weighted by molar-refractivity contribution is 5.67. The van der Waals surface area contributed by atoms with Gasteiger partial charge in [0, 0.05) is 38.0 Å². The van der Waals surface area contributed by atoms with Crippen molar-refractivity contribution in [3.63, 3.8) is 0 Å². The van der Waals surface area contributed by atoms with E-state index in [-0.39, 0.29) is 0 Å². The van der Waals surface area contributed by atoms with E-state index in [1.54, 1.807) is 7.11 Å². The molecule has 1 heterocycles. The van der Waals surface area contributed by atoms with Gasteiger partial charge in [-0.25, -0.2) is 0 Å². The third-order valence-corrected chi connectivity index (χ3v) is 2.16. The number of rotatable bonds is 1. The molecule has 0 aromatic carbocycles. The first-order valence-electron chi connectivity index (χ1n) is 4.92. The molecular formula is C12H17NO. The number of allylic oxidation sites excluding steroid dienone is 5. The van der Waals surface area contributed by atoms with Crippen LogP contribution >= 0.6 is 0 Å². The molecule has 2 nitrogen and oxygen atoms in total. The summed E-state index contributed by atoms with van der Waals surface area (Å²) in [6.07, 6.45) is 14.5. The van der Waals surface area contributed by atoms with Gasteiger partial charge in [-0.2, -0.15) is 0 Å². The highest BCUT2D eigenvalue weighted by Crippen LogP contribution is 2.21. The van der Waals surface area contributed by atoms with Crippen LogP contribution in [0.15, 0.2) is 41.6 Å². The van der Waals surface area contributed by atoms with Crippen LogP contribution in [0.25, 0.3) is 0 Å². The molecule has 0 spiro atoms. The molecule has 76 valence electrons. The van der Waals surface area contributed by atoms with Crippen molar-refractivity contribution in [2.24, 2.45) is 16.8 Å². The number of fused-ring (bicyclic) bond motifs is 1. The molecule has 0 fully saturated rings. The van der Waals surface area contributed by atoms with Crippen LogP contribution in [0.1, 0.15) is 6.92 Å². The monoisotopic (exact) mass is 191 g/mol. The molecule has 0 N–H and O–H groups in total. The summed E-state index contributed by atoms with van der Waals surface area (Å²) < 4.78 is 4.54. The Morgan fingerprint density at radius 3 is 2.36 bits per heavy atom. The van der Waals surface area contributed by atoms with Crippen LogP contribution in [0.3, 0.4) is 0 Å². The summed E-state index contributed by atoms with van der Waals surface area (Å²) in [5.74, 6) is 1.07. The van der Waals surface area contributed by atoms with Crippen LogP contribution < -0.4 is 0 Å². The topological polar surface area (TPSA) is 21.6 Å². The molecule has 0 saturated carbocycles. The summed E-state index contributed by atoms with van der Waals surface area (Å²) in [7, 11) is 1.68. The van der Waals surface area contributed by atoms with Crippen molar-refractivity contribution in [3.8, 4) is 0 Å². The molecule has 0 amide bonds. The Morgan fingerprint density at radius 2 is 1.79 bits per heavy atom. The second-order valence-electron chi connectivity index (χ2n) is 3.14. The van der Waals surface area contributed by atoms with Gasteiger partial charge in [0.1, 0.15) is 0 Å². The molecule has 0 saturated heterocycles. The summed E-state index contributed by atoms with van der Waals surface area (Å²) in [6, 6.07) is 0. The van der Waals surface area contributed by atoms with Crippen LogP contribution in [0, 0.1) is 11.8 Å². The maximum atomic E-state index is 4.54. The van der Waals surface area contributed by atoms with Crippen molar-refractivity contribution in [1.29, 1.82) is 0 Å². The van der Waals surface area contributed by atoms with Gasteiger partial charge in [-0.3, -0.25) is 4.99 Å². The largest absolute Gasteiger partial charge is 0.385 e. The van der Waals surface area contributed by atoms with E-state index in [4.69, 9.17) is 0 Å². The van der Waals surface area contributed by atoms with Gasteiger partial charge >= 0.3 is 0 Å². The van der Waals surface area contributed by atoms with E-state index in [1.165, 1.54) is 0 Å². The van der Waals surface area contributed by atoms with Gasteiger partial charge in [0.2, 0.25) is 0 Å². The lowest BCUT2D eigenvalue weighted by Crippen LogP contribution is -2.13. The highest BCUT2D eigenvalue weighted by Gasteiger charge is 2.14. The number of aliphatic imine (C=N–C) groups is 1. The molecule has 1 aliphatic carbocycles. The van der Waals surface area contributed by atoms with Crippen molar-refractivity contribution in [3.05, 3.63) is 36.6 Å². The SMILES string of the molecule is C1=CC2C=CN=CC2C=C1.CCOC. The Labute approximate surface area is 85.7 Å². The third kappa shape index (κ3) is 3.30. The van der Waals surface area contributed by atoms with Gasteiger partial charge in [-0.15, -0.1) is 0 Å². The summed E-state index contributed by atoms with van der Waals surface area (Å²) in [6.45, 7) is 2.78. The zero-order chi connectivity index (χ0) is 10.2. The fraction of sp³-hybridized carbons (Fsp3) is 0.417. The van der Waals surface area contributed by atoms with Crippen molar-refractivity contribution in [2.75, 3.05) is 13.7 Å². The van der Waals surface area contributed by atoms with Crippen molar-refractivity contribution < 1.29 is 4.74 Å². The van der Waals surface area contributed by atoms with E-state index in [9.17, 15) is 0 Å². The minimum absolute atomic E-state index is 0.509. The molecule has 0 aromatic rings. The Balaban J connectivity index is 0.000000213. The number of hydrogen-bond acceptors (Lipinski definition) is 2. The molecule has 2 heteroatoms. The van der Waals surface area contributed by atoms with Crippen LogP contribution in [0.2, 0.25) is 0 Å². The lowest BCUT2D eigenvalue weighted by atomic mass is 9.88. The number of methoxy groups -OCH3 is 1. The first kappa shape index (κ1) is 10.9. The molecule has 2 unspecified atom stereocenters. The summed E-state index contributed by atoms with van der Waals surface area (Å²) in [5, 5.41) is 0. The summed E-state index contributed by atoms with van der Waals surface area (Å²) in [5.41, 5.74) is 0. The molecule has 1 aliphatic heterocycles. The molecule has 0 aromatic heterocycles. The Hall–Kier alpha value is -1.15. The average Bonchev–Trinajstić information content (AvgIpc) is 2.30. The Bertz CT molecular complexity index is 211. The number of nitrogens with zero attached hydrogens (tertiary/aromatic N) is 1. The van der Waals surface area contributed by atoms with Gasteiger partial charge in [-0.05, 0) is 6.92 Å². The van der Waals surface area contributed by atoms with E-state index >= 15 is 0 Å². The van der Waals surface area contributed by atoms with Crippen LogP contribution in [-0.2, 0) is 4.74 Å². The van der Waals surface area contributed by atoms with E-state index < -0.39 is 0 Å². The van der Waals surface area contributed by atoms with Gasteiger partial charge in [0.05, 0.1) is 0 Å². The fourth-order valence-electron chi connectivity index (χ4n) is 1.28. The fourth-order valence-corrected chi connectivity index (χ4v) is 1.28. The highest BCUT2D eigenvalue weighted by atomic mass is 16.5.